The van der Waals surface area contributed by atoms with E-state index in [1.807, 2.05) is 24.3 Å². The van der Waals surface area contributed by atoms with Crippen molar-refractivity contribution in [2.75, 3.05) is 6.54 Å². The van der Waals surface area contributed by atoms with Crippen LogP contribution in [0.15, 0.2) is 35.5 Å². The number of rotatable bonds is 14. The number of nitrogens with two attached hydrogens (primary N) is 3. The third-order valence-electron chi connectivity index (χ3n) is 5.29. The van der Waals surface area contributed by atoms with Crippen molar-refractivity contribution in [2.45, 2.75) is 50.2 Å². The predicted molar refractivity (Wildman–Crippen MR) is 128 cm³/mol. The largest absolute Gasteiger partial charge is 0.481 e. The van der Waals surface area contributed by atoms with Gasteiger partial charge in [0.25, 0.3) is 0 Å². The molecule has 0 aliphatic carbocycles. The summed E-state index contributed by atoms with van der Waals surface area (Å²) in [5, 5.41) is 23.9. The normalized spacial score (nSPS) is 13.4. The Labute approximate surface area is 201 Å². The molecule has 0 saturated carbocycles. The smallest absolute Gasteiger partial charge is 0.326 e. The van der Waals surface area contributed by atoms with Crippen LogP contribution in [-0.2, 0) is 25.6 Å². The monoisotopic (exact) mass is 489 g/mol. The lowest BCUT2D eigenvalue weighted by Gasteiger charge is -2.22. The minimum absolute atomic E-state index is 0.0967. The number of aromatic amines is 1. The van der Waals surface area contributed by atoms with Gasteiger partial charge in [-0.25, -0.2) is 4.79 Å². The fourth-order valence-corrected chi connectivity index (χ4v) is 3.48. The lowest BCUT2D eigenvalue weighted by Crippen LogP contribution is -2.54. The molecule has 0 saturated heterocycles. The molecule has 1 aromatic heterocycles. The van der Waals surface area contributed by atoms with Gasteiger partial charge in [0.1, 0.15) is 12.1 Å². The van der Waals surface area contributed by atoms with Crippen LogP contribution in [0.4, 0.5) is 0 Å². The van der Waals surface area contributed by atoms with E-state index in [0.29, 0.717) is 6.42 Å². The van der Waals surface area contributed by atoms with E-state index in [1.165, 1.54) is 0 Å². The summed E-state index contributed by atoms with van der Waals surface area (Å²) in [5.41, 5.74) is 18.4. The molecular weight excluding hydrogens is 458 g/mol. The fourth-order valence-electron chi connectivity index (χ4n) is 3.48. The zero-order valence-corrected chi connectivity index (χ0v) is 19.1. The van der Waals surface area contributed by atoms with E-state index < -0.39 is 48.3 Å². The molecule has 13 heteroatoms. The van der Waals surface area contributed by atoms with Gasteiger partial charge in [0.05, 0.1) is 6.04 Å². The molecule has 11 N–H and O–H groups in total. The van der Waals surface area contributed by atoms with Gasteiger partial charge in [-0.15, -0.1) is 0 Å². The maximum Gasteiger partial charge on any atom is 0.326 e. The van der Waals surface area contributed by atoms with Crippen molar-refractivity contribution >= 4 is 40.6 Å². The van der Waals surface area contributed by atoms with Crippen molar-refractivity contribution in [1.82, 2.24) is 15.6 Å². The highest BCUT2D eigenvalue weighted by molar-refractivity contribution is 5.92. The number of guanidine groups is 1. The maximum atomic E-state index is 12.8. The number of benzene rings is 1. The predicted octanol–water partition coefficient (Wildman–Crippen LogP) is -0.990. The zero-order valence-electron chi connectivity index (χ0n) is 19.1. The highest BCUT2D eigenvalue weighted by Crippen LogP contribution is 2.18. The molecule has 0 unspecified atom stereocenters. The number of aliphatic imine (C=N–C) groups is 1. The van der Waals surface area contributed by atoms with Crippen LogP contribution in [0.2, 0.25) is 0 Å². The number of fused-ring (bicyclic) bond motifs is 1. The molecule has 0 aliphatic rings. The summed E-state index contributed by atoms with van der Waals surface area (Å²) in [5.74, 6) is -4.10. The third kappa shape index (κ3) is 8.62. The molecule has 190 valence electrons. The maximum absolute atomic E-state index is 12.8. The summed E-state index contributed by atoms with van der Waals surface area (Å²) in [7, 11) is 0. The number of carbonyl (C=O) groups is 4. The first-order valence-corrected chi connectivity index (χ1v) is 11.0. The van der Waals surface area contributed by atoms with Crippen LogP contribution in [-0.4, -0.2) is 69.6 Å². The Hall–Kier alpha value is -4.13. The number of hydrogen-bond acceptors (Lipinski definition) is 6. The van der Waals surface area contributed by atoms with Gasteiger partial charge in [-0.2, -0.15) is 0 Å². The number of carbonyl (C=O) groups excluding carboxylic acids is 2. The molecule has 0 radical (unpaired) electrons. The van der Waals surface area contributed by atoms with E-state index in [0.717, 1.165) is 16.5 Å². The Morgan fingerprint density at radius 3 is 2.34 bits per heavy atom. The van der Waals surface area contributed by atoms with Crippen molar-refractivity contribution in [3.05, 3.63) is 36.0 Å². The number of hydrogen-bond donors (Lipinski definition) is 8. The first-order chi connectivity index (χ1) is 16.6. The number of aromatic nitrogens is 1. The van der Waals surface area contributed by atoms with Crippen LogP contribution < -0.4 is 27.8 Å². The van der Waals surface area contributed by atoms with Crippen molar-refractivity contribution < 1.29 is 29.4 Å². The molecule has 0 fully saturated rings. The molecule has 2 amide bonds. The molecule has 13 nitrogen and oxygen atoms in total. The number of carboxylic acid groups (broad SMARTS) is 2. The molecule has 1 heterocycles. The van der Waals surface area contributed by atoms with Crippen LogP contribution in [0.3, 0.4) is 0 Å². The first-order valence-electron chi connectivity index (χ1n) is 11.0. The molecular formula is C22H31N7O6. The number of aliphatic carboxylic acids is 2. The Bertz CT molecular complexity index is 1080. The zero-order chi connectivity index (χ0) is 26.0. The summed E-state index contributed by atoms with van der Waals surface area (Å²) in [6.07, 6.45) is 1.60. The van der Waals surface area contributed by atoms with Crippen LogP contribution in [0.1, 0.15) is 31.2 Å². The van der Waals surface area contributed by atoms with E-state index in [2.05, 4.69) is 20.6 Å². The van der Waals surface area contributed by atoms with Gasteiger partial charge < -0.3 is 43.0 Å². The number of amides is 2. The third-order valence-corrected chi connectivity index (χ3v) is 5.29. The lowest BCUT2D eigenvalue weighted by molar-refractivity contribution is -0.143. The Kier molecular flexibility index (Phi) is 10.0. The van der Waals surface area contributed by atoms with Gasteiger partial charge in [0.15, 0.2) is 5.96 Å². The lowest BCUT2D eigenvalue weighted by atomic mass is 10.0. The average molecular weight is 490 g/mol. The van der Waals surface area contributed by atoms with E-state index in [-0.39, 0.29) is 31.8 Å². The Morgan fingerprint density at radius 1 is 1.00 bits per heavy atom. The Balaban J connectivity index is 2.08. The number of para-hydroxylation sites is 1. The number of H-pyrrole nitrogens is 1. The van der Waals surface area contributed by atoms with Gasteiger partial charge in [-0.3, -0.25) is 19.4 Å². The van der Waals surface area contributed by atoms with E-state index in [1.54, 1.807) is 6.20 Å². The second-order valence-electron chi connectivity index (χ2n) is 8.01. The summed E-state index contributed by atoms with van der Waals surface area (Å²) in [4.78, 5) is 54.8. The second-order valence-corrected chi connectivity index (χ2v) is 8.01. The molecule has 2 rings (SSSR count). The molecule has 0 spiro atoms. The van der Waals surface area contributed by atoms with Gasteiger partial charge >= 0.3 is 11.9 Å². The van der Waals surface area contributed by atoms with Crippen LogP contribution in [0, 0.1) is 0 Å². The van der Waals surface area contributed by atoms with Crippen molar-refractivity contribution in [3.8, 4) is 0 Å². The second kappa shape index (κ2) is 12.9. The molecule has 3 atom stereocenters. The van der Waals surface area contributed by atoms with Gasteiger partial charge in [0.2, 0.25) is 11.8 Å². The Morgan fingerprint density at radius 2 is 1.69 bits per heavy atom. The van der Waals surface area contributed by atoms with Crippen LogP contribution in [0.5, 0.6) is 0 Å². The standard InChI is InChI=1S/C22H31N7O6/c23-14(10-12-11-27-15-5-2-1-4-13(12)15)19(32)28-16(6-3-9-26-22(24)25)20(33)29-17(21(34)35)7-8-18(30)31/h1-2,4-5,11,14,16-17,27H,3,6-10,23H2,(H,28,32)(H,29,33)(H,30,31)(H,34,35)(H4,24,25,26)/t14-,16-,17-/m0/s1. The SMILES string of the molecule is NC(N)=NCCC[C@H](NC(=O)[C@@H](N)Cc1c[nH]c2ccccc12)C(=O)N[C@@H](CCC(=O)O)C(=O)O. The summed E-state index contributed by atoms with van der Waals surface area (Å²) < 4.78 is 0. The minimum Gasteiger partial charge on any atom is -0.481 e. The van der Waals surface area contributed by atoms with E-state index >= 15 is 0 Å². The number of nitrogens with zero attached hydrogens (tertiary/aromatic N) is 1. The average Bonchev–Trinajstić information content (AvgIpc) is 3.20. The van der Waals surface area contributed by atoms with Crippen LogP contribution in [0.25, 0.3) is 10.9 Å². The topological polar surface area (TPSA) is 239 Å². The highest BCUT2D eigenvalue weighted by atomic mass is 16.4. The minimum atomic E-state index is -1.43. The van der Waals surface area contributed by atoms with Crippen molar-refractivity contribution in [1.29, 1.82) is 0 Å². The number of carboxylic acids is 2. The molecule has 35 heavy (non-hydrogen) atoms. The molecule has 1 aromatic carbocycles. The molecule has 0 aliphatic heterocycles. The fraction of sp³-hybridized carbons (Fsp3) is 0.409. The summed E-state index contributed by atoms with van der Waals surface area (Å²) >= 11 is 0. The van der Waals surface area contributed by atoms with Gasteiger partial charge in [-0.05, 0) is 37.3 Å². The molecule has 0 bridgehead atoms. The summed E-state index contributed by atoms with van der Waals surface area (Å²) in [6.45, 7) is 0.185. The first kappa shape index (κ1) is 27.1. The van der Waals surface area contributed by atoms with Crippen molar-refractivity contribution in [3.63, 3.8) is 0 Å². The van der Waals surface area contributed by atoms with Crippen LogP contribution >= 0.6 is 0 Å². The molecule has 2 aromatic rings. The highest BCUT2D eigenvalue weighted by Gasteiger charge is 2.28. The van der Waals surface area contributed by atoms with E-state index in [4.69, 9.17) is 22.3 Å². The van der Waals surface area contributed by atoms with E-state index in [9.17, 15) is 24.3 Å². The van der Waals surface area contributed by atoms with Gasteiger partial charge in [-0.1, -0.05) is 18.2 Å². The van der Waals surface area contributed by atoms with Gasteiger partial charge in [0, 0.05) is 30.1 Å². The van der Waals surface area contributed by atoms with Crippen molar-refractivity contribution in [2.24, 2.45) is 22.2 Å². The number of nitrogens with one attached hydrogen (secondary N) is 3. The summed E-state index contributed by atoms with van der Waals surface area (Å²) in [6, 6.07) is 3.99. The quantitative estimate of drug-likeness (QED) is 0.0921.